The first-order chi connectivity index (χ1) is 6.57. The highest BCUT2D eigenvalue weighted by Crippen LogP contribution is 2.36. The third kappa shape index (κ3) is 1.23. The minimum atomic E-state index is -3.92. The number of aliphatic carboxylic acids is 1. The van der Waals surface area contributed by atoms with Crippen LogP contribution in [0.25, 0.3) is 0 Å². The lowest BCUT2D eigenvalue weighted by atomic mass is 9.90. The van der Waals surface area contributed by atoms with Crippen LogP contribution in [0.15, 0.2) is 12.3 Å². The van der Waals surface area contributed by atoms with E-state index in [2.05, 4.69) is 0 Å². The second-order valence-corrected chi connectivity index (χ2v) is 3.04. The summed E-state index contributed by atoms with van der Waals surface area (Å²) >= 11 is 0. The Balaban J connectivity index is 3.40. The molecule has 0 bridgehead atoms. The quantitative estimate of drug-likeness (QED) is 0.222. The molecular formula is C6H9NO8. The summed E-state index contributed by atoms with van der Waals surface area (Å²) in [5.74, 6) is -9.64. The van der Waals surface area contributed by atoms with Crippen molar-refractivity contribution < 1.29 is 40.6 Å². The molecule has 1 rings (SSSR count). The smallest absolute Gasteiger partial charge is 0.365 e. The molecule has 0 aliphatic carbocycles. The predicted molar refractivity (Wildman–Crippen MR) is 39.7 cm³/mol. The fraction of sp³-hybridized carbons (Fsp3) is 0.500. The summed E-state index contributed by atoms with van der Waals surface area (Å²) in [4.78, 5) is 10.6. The maximum absolute atomic E-state index is 10.6. The lowest BCUT2D eigenvalue weighted by Gasteiger charge is -2.47. The van der Waals surface area contributed by atoms with Crippen LogP contribution in [0, 0.1) is 0 Å². The van der Waals surface area contributed by atoms with E-state index in [1.54, 1.807) is 0 Å². The van der Waals surface area contributed by atoms with Crippen molar-refractivity contribution in [2.45, 2.75) is 17.3 Å². The molecule has 0 radical (unpaired) electrons. The van der Waals surface area contributed by atoms with Gasteiger partial charge in [0.15, 0.2) is 0 Å². The molecule has 7 N–H and O–H groups in total. The van der Waals surface area contributed by atoms with Gasteiger partial charge in [0, 0.05) is 6.20 Å². The zero-order valence-corrected chi connectivity index (χ0v) is 7.14. The van der Waals surface area contributed by atoms with E-state index in [0.29, 0.717) is 6.20 Å². The molecule has 1 aliphatic rings. The van der Waals surface area contributed by atoms with E-state index < -0.39 is 28.3 Å². The van der Waals surface area contributed by atoms with Crippen LogP contribution < -0.4 is 0 Å². The predicted octanol–water partition coefficient (Wildman–Crippen LogP) is -3.66. The first kappa shape index (κ1) is 11.8. The molecule has 1 unspecified atom stereocenters. The zero-order chi connectivity index (χ0) is 12.1. The van der Waals surface area contributed by atoms with Crippen molar-refractivity contribution in [3.8, 4) is 0 Å². The Morgan fingerprint density at radius 2 is 1.60 bits per heavy atom. The van der Waals surface area contributed by atoms with E-state index in [-0.39, 0.29) is 6.08 Å². The first-order valence-electron chi connectivity index (χ1n) is 3.60. The van der Waals surface area contributed by atoms with Gasteiger partial charge in [0.05, 0.1) is 0 Å². The van der Waals surface area contributed by atoms with E-state index in [4.69, 9.17) is 30.7 Å². The van der Waals surface area contributed by atoms with Gasteiger partial charge in [-0.1, -0.05) is 0 Å². The van der Waals surface area contributed by atoms with Gasteiger partial charge < -0.3 is 30.6 Å². The second-order valence-electron chi connectivity index (χ2n) is 3.04. The summed E-state index contributed by atoms with van der Waals surface area (Å²) in [6.07, 6.45) is 0.642. The monoisotopic (exact) mass is 223 g/mol. The van der Waals surface area contributed by atoms with Crippen molar-refractivity contribution in [2.75, 3.05) is 0 Å². The molecule has 9 heteroatoms. The van der Waals surface area contributed by atoms with E-state index >= 15 is 0 Å². The molecular weight excluding hydrogens is 214 g/mol. The van der Waals surface area contributed by atoms with E-state index in [0.717, 1.165) is 0 Å². The average molecular weight is 223 g/mol. The fourth-order valence-electron chi connectivity index (χ4n) is 1.06. The van der Waals surface area contributed by atoms with E-state index in [1.165, 1.54) is 0 Å². The highest BCUT2D eigenvalue weighted by molar-refractivity contribution is 5.78. The molecule has 15 heavy (non-hydrogen) atoms. The number of carbonyl (C=O) groups is 1. The highest BCUT2D eigenvalue weighted by atomic mass is 16.6. The number of hydrogen-bond acceptors (Lipinski definition) is 8. The summed E-state index contributed by atoms with van der Waals surface area (Å²) in [5, 5.41) is 62.6. The molecule has 0 saturated heterocycles. The Hall–Kier alpha value is -1.23. The Labute approximate surface area is 82.3 Å². The number of hydrogen-bond donors (Lipinski definition) is 7. The van der Waals surface area contributed by atoms with Crippen LogP contribution in [0.2, 0.25) is 0 Å². The molecule has 0 saturated carbocycles. The standard InChI is InChI=1S/C6H9NO8/c8-3(9)5(12)6(13,14)4(10,11)1-2-7(5)15/h1-2,10-15H,(H,8,9). The largest absolute Gasteiger partial charge is 0.477 e. The Morgan fingerprint density at radius 1 is 1.13 bits per heavy atom. The lowest BCUT2D eigenvalue weighted by Crippen LogP contribution is -2.77. The van der Waals surface area contributed by atoms with Gasteiger partial charge in [0.25, 0.3) is 5.79 Å². The Bertz CT molecular complexity index is 323. The molecule has 1 atom stereocenters. The Morgan fingerprint density at radius 3 is 1.93 bits per heavy atom. The van der Waals surface area contributed by atoms with Gasteiger partial charge in [-0.3, -0.25) is 5.21 Å². The Kier molecular flexibility index (Phi) is 2.28. The molecule has 86 valence electrons. The number of nitrogens with zero attached hydrogens (tertiary/aromatic N) is 1. The molecule has 9 nitrogen and oxygen atoms in total. The summed E-state index contributed by atoms with van der Waals surface area (Å²) < 4.78 is 0. The van der Waals surface area contributed by atoms with Crippen molar-refractivity contribution in [3.05, 3.63) is 12.3 Å². The normalized spacial score (nSPS) is 32.8. The van der Waals surface area contributed by atoms with Gasteiger partial charge >= 0.3 is 11.7 Å². The molecule has 0 aromatic carbocycles. The highest BCUT2D eigenvalue weighted by Gasteiger charge is 2.70. The first-order valence-corrected chi connectivity index (χ1v) is 3.60. The molecule has 0 fully saturated rings. The molecule has 0 aromatic rings. The second kappa shape index (κ2) is 2.88. The molecule has 0 spiro atoms. The van der Waals surface area contributed by atoms with Crippen molar-refractivity contribution in [2.24, 2.45) is 0 Å². The summed E-state index contributed by atoms with van der Waals surface area (Å²) in [7, 11) is 0. The van der Waals surface area contributed by atoms with Gasteiger partial charge in [0.2, 0.25) is 5.79 Å². The SMILES string of the molecule is O=C(O)C1(O)N(O)C=CC(O)(O)C1(O)O. The van der Waals surface area contributed by atoms with Crippen molar-refractivity contribution in [1.29, 1.82) is 0 Å². The number of hydroxylamine groups is 2. The summed E-state index contributed by atoms with van der Waals surface area (Å²) in [6.45, 7) is 0. The van der Waals surface area contributed by atoms with Crippen molar-refractivity contribution >= 4 is 5.97 Å². The van der Waals surface area contributed by atoms with E-state index in [9.17, 15) is 9.90 Å². The van der Waals surface area contributed by atoms with Gasteiger partial charge in [-0.2, -0.15) is 0 Å². The molecule has 1 heterocycles. The van der Waals surface area contributed by atoms with Crippen molar-refractivity contribution in [3.63, 3.8) is 0 Å². The van der Waals surface area contributed by atoms with Crippen LogP contribution in [0.4, 0.5) is 0 Å². The van der Waals surface area contributed by atoms with Crippen molar-refractivity contribution in [1.82, 2.24) is 5.06 Å². The molecule has 0 amide bonds. The lowest BCUT2D eigenvalue weighted by molar-refractivity contribution is -0.438. The minimum absolute atomic E-state index is 0.282. The van der Waals surface area contributed by atoms with Crippen LogP contribution in [0.3, 0.4) is 0 Å². The zero-order valence-electron chi connectivity index (χ0n) is 7.14. The fourth-order valence-corrected chi connectivity index (χ4v) is 1.06. The number of rotatable bonds is 1. The maximum atomic E-state index is 10.6. The third-order valence-electron chi connectivity index (χ3n) is 2.08. The third-order valence-corrected chi connectivity index (χ3v) is 2.08. The van der Waals surface area contributed by atoms with Crippen LogP contribution >= 0.6 is 0 Å². The number of aliphatic hydroxyl groups is 5. The maximum Gasteiger partial charge on any atom is 0.365 e. The number of carboxylic acids is 1. The van der Waals surface area contributed by atoms with Crippen LogP contribution in [0.1, 0.15) is 0 Å². The van der Waals surface area contributed by atoms with E-state index in [1.807, 2.05) is 0 Å². The van der Waals surface area contributed by atoms with Gasteiger partial charge in [-0.15, -0.1) is 0 Å². The number of carboxylic acid groups (broad SMARTS) is 1. The molecule has 1 aliphatic heterocycles. The van der Waals surface area contributed by atoms with Gasteiger partial charge in [-0.25, -0.2) is 9.86 Å². The van der Waals surface area contributed by atoms with Crippen LogP contribution in [-0.2, 0) is 4.79 Å². The average Bonchev–Trinajstić information content (AvgIpc) is 2.09. The summed E-state index contributed by atoms with van der Waals surface area (Å²) in [5.41, 5.74) is -3.70. The minimum Gasteiger partial charge on any atom is -0.477 e. The van der Waals surface area contributed by atoms with Gasteiger partial charge in [0.1, 0.15) is 0 Å². The molecule has 0 aromatic heterocycles. The summed E-state index contributed by atoms with van der Waals surface area (Å²) in [6, 6.07) is 0. The van der Waals surface area contributed by atoms with Gasteiger partial charge in [-0.05, 0) is 6.08 Å². The van der Waals surface area contributed by atoms with Crippen LogP contribution in [-0.4, -0.2) is 64.2 Å². The van der Waals surface area contributed by atoms with Crippen LogP contribution in [0.5, 0.6) is 0 Å². The topological polar surface area (TPSA) is 162 Å².